The Labute approximate surface area is 131 Å². The van der Waals surface area contributed by atoms with Crippen LogP contribution in [0, 0.1) is 0 Å². The molecule has 0 N–H and O–H groups in total. The monoisotopic (exact) mass is 333 g/mol. The van der Waals surface area contributed by atoms with E-state index in [4.69, 9.17) is 0 Å². The highest BCUT2D eigenvalue weighted by Gasteiger charge is 2.12. The number of nitrogens with zero attached hydrogens (tertiary/aromatic N) is 1. The van der Waals surface area contributed by atoms with Crippen LogP contribution in [0.1, 0.15) is 0 Å². The Morgan fingerprint density at radius 2 is 1.33 bits per heavy atom. The number of aromatic nitrogens is 1. The third-order valence-electron chi connectivity index (χ3n) is 3.80. The SMILES string of the molecule is Brc1ncccc1-c1c2ccccc2cc2ccccc12. The Kier molecular flexibility index (Phi) is 2.97. The van der Waals surface area contributed by atoms with Crippen molar-refractivity contribution in [2.45, 2.75) is 0 Å². The zero-order valence-electron chi connectivity index (χ0n) is 11.3. The van der Waals surface area contributed by atoms with Crippen molar-refractivity contribution in [1.82, 2.24) is 4.98 Å². The van der Waals surface area contributed by atoms with Gasteiger partial charge in [0.25, 0.3) is 0 Å². The van der Waals surface area contributed by atoms with Crippen molar-refractivity contribution in [2.75, 3.05) is 0 Å². The van der Waals surface area contributed by atoms with Gasteiger partial charge < -0.3 is 0 Å². The third-order valence-corrected chi connectivity index (χ3v) is 4.43. The van der Waals surface area contributed by atoms with Gasteiger partial charge in [-0.15, -0.1) is 0 Å². The zero-order valence-corrected chi connectivity index (χ0v) is 12.8. The lowest BCUT2D eigenvalue weighted by molar-refractivity contribution is 1.28. The van der Waals surface area contributed by atoms with Crippen molar-refractivity contribution in [3.8, 4) is 11.1 Å². The molecule has 3 aromatic carbocycles. The van der Waals surface area contributed by atoms with Gasteiger partial charge in [-0.25, -0.2) is 4.98 Å². The number of benzene rings is 3. The minimum absolute atomic E-state index is 0.881. The molecule has 100 valence electrons. The second kappa shape index (κ2) is 4.97. The summed E-state index contributed by atoms with van der Waals surface area (Å²) >= 11 is 3.59. The van der Waals surface area contributed by atoms with Crippen molar-refractivity contribution in [2.24, 2.45) is 0 Å². The Morgan fingerprint density at radius 1 is 0.714 bits per heavy atom. The van der Waals surface area contributed by atoms with Gasteiger partial charge in [0.15, 0.2) is 0 Å². The number of fused-ring (bicyclic) bond motifs is 2. The van der Waals surface area contributed by atoms with Crippen LogP contribution < -0.4 is 0 Å². The second-order valence-electron chi connectivity index (χ2n) is 5.04. The first-order valence-corrected chi connectivity index (χ1v) is 7.65. The van der Waals surface area contributed by atoms with Crippen molar-refractivity contribution in [1.29, 1.82) is 0 Å². The quantitative estimate of drug-likeness (QED) is 0.316. The normalized spacial score (nSPS) is 11.1. The van der Waals surface area contributed by atoms with Crippen LogP contribution in [0.25, 0.3) is 32.7 Å². The maximum Gasteiger partial charge on any atom is 0.113 e. The van der Waals surface area contributed by atoms with Crippen LogP contribution in [0.5, 0.6) is 0 Å². The maximum absolute atomic E-state index is 4.39. The van der Waals surface area contributed by atoms with E-state index in [0.29, 0.717) is 0 Å². The Bertz CT molecular complexity index is 906. The fourth-order valence-electron chi connectivity index (χ4n) is 2.88. The van der Waals surface area contributed by atoms with E-state index < -0.39 is 0 Å². The summed E-state index contributed by atoms with van der Waals surface area (Å²) in [5.41, 5.74) is 2.37. The van der Waals surface area contributed by atoms with E-state index in [0.717, 1.165) is 10.2 Å². The molecule has 0 aliphatic rings. The summed E-state index contributed by atoms with van der Waals surface area (Å²) in [5, 5.41) is 5.01. The molecule has 0 aliphatic heterocycles. The van der Waals surface area contributed by atoms with Gasteiger partial charge >= 0.3 is 0 Å². The van der Waals surface area contributed by atoms with Crippen LogP contribution in [0.4, 0.5) is 0 Å². The standard InChI is InChI=1S/C19H12BrN/c20-19-17(10-5-11-21-19)18-15-8-3-1-6-13(15)12-14-7-2-4-9-16(14)18/h1-12H. The highest BCUT2D eigenvalue weighted by Crippen LogP contribution is 2.38. The highest BCUT2D eigenvalue weighted by atomic mass is 79.9. The number of hydrogen-bond acceptors (Lipinski definition) is 1. The summed E-state index contributed by atoms with van der Waals surface area (Å²) in [6.45, 7) is 0. The predicted molar refractivity (Wildman–Crippen MR) is 92.4 cm³/mol. The summed E-state index contributed by atoms with van der Waals surface area (Å²) in [6, 6.07) is 23.4. The highest BCUT2D eigenvalue weighted by molar-refractivity contribution is 9.10. The van der Waals surface area contributed by atoms with Gasteiger partial charge in [-0.2, -0.15) is 0 Å². The first kappa shape index (κ1) is 12.5. The summed E-state index contributed by atoms with van der Waals surface area (Å²) < 4.78 is 0.881. The van der Waals surface area contributed by atoms with E-state index in [-0.39, 0.29) is 0 Å². The molecule has 0 aliphatic carbocycles. The minimum atomic E-state index is 0.881. The molecule has 0 saturated heterocycles. The molecule has 0 radical (unpaired) electrons. The first-order chi connectivity index (χ1) is 10.3. The van der Waals surface area contributed by atoms with Crippen molar-refractivity contribution < 1.29 is 0 Å². The molecule has 4 aromatic rings. The van der Waals surface area contributed by atoms with Crippen LogP contribution in [-0.4, -0.2) is 4.98 Å². The molecular weight excluding hydrogens is 322 g/mol. The first-order valence-electron chi connectivity index (χ1n) is 6.86. The van der Waals surface area contributed by atoms with Crippen LogP contribution in [0.3, 0.4) is 0 Å². The fourth-order valence-corrected chi connectivity index (χ4v) is 3.33. The lowest BCUT2D eigenvalue weighted by Crippen LogP contribution is -1.88. The van der Waals surface area contributed by atoms with Gasteiger partial charge in [0, 0.05) is 17.3 Å². The van der Waals surface area contributed by atoms with Crippen LogP contribution in [0.15, 0.2) is 77.5 Å². The molecule has 0 saturated carbocycles. The third kappa shape index (κ3) is 2.03. The molecule has 0 bridgehead atoms. The maximum atomic E-state index is 4.39. The van der Waals surface area contributed by atoms with E-state index in [1.807, 2.05) is 6.07 Å². The number of hydrogen-bond donors (Lipinski definition) is 0. The van der Waals surface area contributed by atoms with Gasteiger partial charge in [-0.05, 0) is 49.6 Å². The van der Waals surface area contributed by atoms with E-state index in [1.54, 1.807) is 6.20 Å². The molecule has 21 heavy (non-hydrogen) atoms. The van der Waals surface area contributed by atoms with Gasteiger partial charge in [0.05, 0.1) is 0 Å². The predicted octanol–water partition coefficient (Wildman–Crippen LogP) is 5.82. The summed E-state index contributed by atoms with van der Waals surface area (Å²) in [6.07, 6.45) is 1.81. The lowest BCUT2D eigenvalue weighted by Gasteiger charge is -2.12. The topological polar surface area (TPSA) is 12.9 Å². The molecule has 0 atom stereocenters. The molecule has 1 heterocycles. The van der Waals surface area contributed by atoms with Gasteiger partial charge in [0.1, 0.15) is 4.60 Å². The van der Waals surface area contributed by atoms with Crippen molar-refractivity contribution >= 4 is 37.5 Å². The second-order valence-corrected chi connectivity index (χ2v) is 5.79. The average Bonchev–Trinajstić information content (AvgIpc) is 2.53. The number of halogens is 1. The van der Waals surface area contributed by atoms with Crippen LogP contribution in [-0.2, 0) is 0 Å². The molecular formula is C19H12BrN. The molecule has 4 rings (SSSR count). The van der Waals surface area contributed by atoms with Crippen molar-refractivity contribution in [3.05, 3.63) is 77.5 Å². The Morgan fingerprint density at radius 3 is 1.95 bits per heavy atom. The fraction of sp³-hybridized carbons (Fsp3) is 0. The van der Waals surface area contributed by atoms with Gasteiger partial charge in [0.2, 0.25) is 0 Å². The smallest absolute Gasteiger partial charge is 0.113 e. The summed E-state index contributed by atoms with van der Waals surface area (Å²) in [7, 11) is 0. The van der Waals surface area contributed by atoms with E-state index in [2.05, 4.69) is 81.6 Å². The Balaban J connectivity index is 2.25. The van der Waals surface area contributed by atoms with Crippen LogP contribution >= 0.6 is 15.9 Å². The lowest BCUT2D eigenvalue weighted by atomic mass is 9.93. The number of pyridine rings is 1. The average molecular weight is 334 g/mol. The minimum Gasteiger partial charge on any atom is -0.249 e. The van der Waals surface area contributed by atoms with E-state index in [9.17, 15) is 0 Å². The van der Waals surface area contributed by atoms with Crippen molar-refractivity contribution in [3.63, 3.8) is 0 Å². The van der Waals surface area contributed by atoms with Crippen LogP contribution in [0.2, 0.25) is 0 Å². The molecule has 0 amide bonds. The molecule has 0 fully saturated rings. The number of rotatable bonds is 1. The molecule has 0 spiro atoms. The zero-order chi connectivity index (χ0) is 14.2. The molecule has 1 nitrogen and oxygen atoms in total. The van der Waals surface area contributed by atoms with Gasteiger partial charge in [-0.3, -0.25) is 0 Å². The van der Waals surface area contributed by atoms with E-state index >= 15 is 0 Å². The summed E-state index contributed by atoms with van der Waals surface area (Å²) in [4.78, 5) is 4.39. The van der Waals surface area contributed by atoms with Gasteiger partial charge in [-0.1, -0.05) is 54.6 Å². The Hall–Kier alpha value is -2.19. The molecule has 1 aromatic heterocycles. The summed E-state index contributed by atoms with van der Waals surface area (Å²) in [5.74, 6) is 0. The molecule has 0 unspecified atom stereocenters. The largest absolute Gasteiger partial charge is 0.249 e. The van der Waals surface area contributed by atoms with E-state index in [1.165, 1.54) is 27.1 Å². The molecule has 2 heteroatoms.